The molecule has 19 heavy (non-hydrogen) atoms. The Morgan fingerprint density at radius 2 is 2.05 bits per heavy atom. The number of hydrogen-bond acceptors (Lipinski definition) is 5. The molecule has 6 heteroatoms. The first-order valence-corrected chi connectivity index (χ1v) is 8.40. The molecule has 1 unspecified atom stereocenters. The molecule has 108 valence electrons. The van der Waals surface area contributed by atoms with Crippen LogP contribution < -0.4 is 10.1 Å². The second-order valence-electron chi connectivity index (χ2n) is 4.82. The molecule has 0 saturated carbocycles. The predicted octanol–water partition coefficient (Wildman–Crippen LogP) is 1.56. The van der Waals surface area contributed by atoms with Crippen LogP contribution in [0.15, 0.2) is 18.5 Å². The van der Waals surface area contributed by atoms with Crippen LogP contribution in [0, 0.1) is 0 Å². The van der Waals surface area contributed by atoms with Crippen LogP contribution in [0.1, 0.15) is 32.4 Å². The van der Waals surface area contributed by atoms with E-state index in [0.29, 0.717) is 12.3 Å². The van der Waals surface area contributed by atoms with Crippen molar-refractivity contribution in [2.75, 3.05) is 18.6 Å². The summed E-state index contributed by atoms with van der Waals surface area (Å²) < 4.78 is 28.5. The average Bonchev–Trinajstić information content (AvgIpc) is 2.26. The molecule has 1 N–H and O–H groups in total. The number of sulfone groups is 1. The summed E-state index contributed by atoms with van der Waals surface area (Å²) in [6, 6.07) is 1.58. The van der Waals surface area contributed by atoms with Crippen molar-refractivity contribution >= 4 is 9.84 Å². The fraction of sp³-hybridized carbons (Fsp3) is 0.615. The SMILES string of the molecule is CCNC(CS(C)(=O)=O)c1cncc(OC(C)C)c1. The molecule has 1 rings (SSSR count). The summed E-state index contributed by atoms with van der Waals surface area (Å²) in [5, 5.41) is 3.16. The van der Waals surface area contributed by atoms with Crippen molar-refractivity contribution < 1.29 is 13.2 Å². The lowest BCUT2D eigenvalue weighted by atomic mass is 10.1. The van der Waals surface area contributed by atoms with Crippen molar-refractivity contribution in [3.05, 3.63) is 24.0 Å². The van der Waals surface area contributed by atoms with Gasteiger partial charge in [-0.15, -0.1) is 0 Å². The minimum Gasteiger partial charge on any atom is -0.489 e. The molecule has 5 nitrogen and oxygen atoms in total. The number of pyridine rings is 1. The molecule has 0 spiro atoms. The number of nitrogens with zero attached hydrogens (tertiary/aromatic N) is 1. The Morgan fingerprint density at radius 1 is 1.37 bits per heavy atom. The van der Waals surface area contributed by atoms with Crippen LogP contribution in [0.4, 0.5) is 0 Å². The molecule has 0 amide bonds. The van der Waals surface area contributed by atoms with Crippen LogP contribution in [-0.2, 0) is 9.84 Å². The maximum absolute atomic E-state index is 11.5. The second-order valence-corrected chi connectivity index (χ2v) is 7.01. The van der Waals surface area contributed by atoms with Crippen LogP contribution in [-0.4, -0.2) is 38.1 Å². The van der Waals surface area contributed by atoms with E-state index in [9.17, 15) is 8.42 Å². The fourth-order valence-electron chi connectivity index (χ4n) is 1.78. The summed E-state index contributed by atoms with van der Waals surface area (Å²) in [6.45, 7) is 6.50. The quantitative estimate of drug-likeness (QED) is 0.824. The van der Waals surface area contributed by atoms with Gasteiger partial charge in [0.25, 0.3) is 0 Å². The van der Waals surface area contributed by atoms with Gasteiger partial charge >= 0.3 is 0 Å². The Bertz CT molecular complexity index is 500. The normalized spacial score (nSPS) is 13.5. The van der Waals surface area contributed by atoms with Crippen LogP contribution in [0.5, 0.6) is 5.75 Å². The monoisotopic (exact) mass is 286 g/mol. The van der Waals surface area contributed by atoms with Crippen molar-refractivity contribution in [2.24, 2.45) is 0 Å². The highest BCUT2D eigenvalue weighted by Crippen LogP contribution is 2.20. The highest BCUT2D eigenvalue weighted by Gasteiger charge is 2.17. The van der Waals surface area contributed by atoms with Gasteiger partial charge in [0.2, 0.25) is 0 Å². The third kappa shape index (κ3) is 6.02. The Morgan fingerprint density at radius 3 is 2.58 bits per heavy atom. The van der Waals surface area contributed by atoms with Gasteiger partial charge in [-0.3, -0.25) is 4.98 Å². The molecule has 0 bridgehead atoms. The summed E-state index contributed by atoms with van der Waals surface area (Å²) in [6.07, 6.45) is 4.60. The van der Waals surface area contributed by atoms with Crippen LogP contribution >= 0.6 is 0 Å². The largest absolute Gasteiger partial charge is 0.489 e. The van der Waals surface area contributed by atoms with E-state index in [1.165, 1.54) is 6.26 Å². The molecule has 0 fully saturated rings. The summed E-state index contributed by atoms with van der Waals surface area (Å²) >= 11 is 0. The molecule has 0 saturated heterocycles. The summed E-state index contributed by atoms with van der Waals surface area (Å²) in [5.41, 5.74) is 0.824. The molecule has 0 aliphatic rings. The lowest BCUT2D eigenvalue weighted by molar-refractivity contribution is 0.241. The van der Waals surface area contributed by atoms with Gasteiger partial charge in [-0.25, -0.2) is 8.42 Å². The Kier molecular flexibility index (Phi) is 5.75. The Hall–Kier alpha value is -1.14. The highest BCUT2D eigenvalue weighted by molar-refractivity contribution is 7.90. The Labute approximate surface area is 115 Å². The first-order chi connectivity index (χ1) is 8.81. The highest BCUT2D eigenvalue weighted by atomic mass is 32.2. The molecule has 0 aliphatic carbocycles. The molecule has 1 atom stereocenters. The molecule has 0 radical (unpaired) electrons. The van der Waals surface area contributed by atoms with E-state index in [-0.39, 0.29) is 17.9 Å². The van der Waals surface area contributed by atoms with E-state index in [1.54, 1.807) is 12.4 Å². The molecular formula is C13H22N2O3S. The topological polar surface area (TPSA) is 68.3 Å². The van der Waals surface area contributed by atoms with Gasteiger partial charge in [0.15, 0.2) is 0 Å². The maximum atomic E-state index is 11.5. The summed E-state index contributed by atoms with van der Waals surface area (Å²) in [7, 11) is -3.06. The van der Waals surface area contributed by atoms with Crippen LogP contribution in [0.25, 0.3) is 0 Å². The molecule has 0 aliphatic heterocycles. The third-order valence-electron chi connectivity index (χ3n) is 2.43. The number of rotatable bonds is 7. The number of aromatic nitrogens is 1. The molecular weight excluding hydrogens is 264 g/mol. The van der Waals surface area contributed by atoms with Gasteiger partial charge in [-0.1, -0.05) is 6.92 Å². The minimum atomic E-state index is -3.06. The Balaban J connectivity index is 2.95. The van der Waals surface area contributed by atoms with Crippen molar-refractivity contribution in [3.8, 4) is 5.75 Å². The summed E-state index contributed by atoms with van der Waals surface area (Å²) in [4.78, 5) is 4.11. The van der Waals surface area contributed by atoms with Gasteiger partial charge in [-0.2, -0.15) is 0 Å². The lowest BCUT2D eigenvalue weighted by Gasteiger charge is -2.18. The maximum Gasteiger partial charge on any atom is 0.149 e. The predicted molar refractivity (Wildman–Crippen MR) is 76.1 cm³/mol. The molecule has 1 aromatic heterocycles. The minimum absolute atomic E-state index is 0.0493. The van der Waals surface area contributed by atoms with Crippen molar-refractivity contribution in [1.29, 1.82) is 0 Å². The van der Waals surface area contributed by atoms with Gasteiger partial charge in [0, 0.05) is 18.5 Å². The van der Waals surface area contributed by atoms with E-state index in [4.69, 9.17) is 4.74 Å². The van der Waals surface area contributed by atoms with Crippen molar-refractivity contribution in [1.82, 2.24) is 10.3 Å². The average molecular weight is 286 g/mol. The number of ether oxygens (including phenoxy) is 1. The summed E-state index contributed by atoms with van der Waals surface area (Å²) in [5.74, 6) is 0.706. The van der Waals surface area contributed by atoms with Crippen molar-refractivity contribution in [2.45, 2.75) is 32.9 Å². The van der Waals surface area contributed by atoms with Gasteiger partial charge in [0.05, 0.1) is 18.1 Å². The standard InChI is InChI=1S/C13H22N2O3S/c1-5-15-13(9-19(4,16)17)11-6-12(8-14-7-11)18-10(2)3/h6-8,10,13,15H,5,9H2,1-4H3. The number of hydrogen-bond donors (Lipinski definition) is 1. The first-order valence-electron chi connectivity index (χ1n) is 6.34. The van der Waals surface area contributed by atoms with Gasteiger partial charge in [-0.05, 0) is 32.0 Å². The van der Waals surface area contributed by atoms with Gasteiger partial charge in [0.1, 0.15) is 15.6 Å². The number of nitrogens with one attached hydrogen (secondary N) is 1. The van der Waals surface area contributed by atoms with E-state index >= 15 is 0 Å². The fourth-order valence-corrected chi connectivity index (χ4v) is 2.70. The van der Waals surface area contributed by atoms with E-state index in [2.05, 4.69) is 10.3 Å². The van der Waals surface area contributed by atoms with Crippen LogP contribution in [0.2, 0.25) is 0 Å². The lowest BCUT2D eigenvalue weighted by Crippen LogP contribution is -2.27. The molecule has 1 heterocycles. The van der Waals surface area contributed by atoms with E-state index in [0.717, 1.165) is 5.56 Å². The molecule has 1 aromatic rings. The second kappa shape index (κ2) is 6.86. The zero-order valence-electron chi connectivity index (χ0n) is 11.9. The van der Waals surface area contributed by atoms with Crippen molar-refractivity contribution in [3.63, 3.8) is 0 Å². The van der Waals surface area contributed by atoms with E-state index in [1.807, 2.05) is 26.8 Å². The van der Waals surface area contributed by atoms with Gasteiger partial charge < -0.3 is 10.1 Å². The van der Waals surface area contributed by atoms with Crippen LogP contribution in [0.3, 0.4) is 0 Å². The molecule has 0 aromatic carbocycles. The first kappa shape index (κ1) is 15.9. The van der Waals surface area contributed by atoms with E-state index < -0.39 is 9.84 Å². The zero-order chi connectivity index (χ0) is 14.5. The third-order valence-corrected chi connectivity index (χ3v) is 3.37. The smallest absolute Gasteiger partial charge is 0.149 e. The zero-order valence-corrected chi connectivity index (χ0v) is 12.7.